The van der Waals surface area contributed by atoms with E-state index in [-0.39, 0.29) is 0 Å². The summed E-state index contributed by atoms with van der Waals surface area (Å²) in [5.41, 5.74) is 7.30. The van der Waals surface area contributed by atoms with Crippen LogP contribution in [0.4, 0.5) is 5.69 Å². The van der Waals surface area contributed by atoms with Gasteiger partial charge in [-0.05, 0) is 35.7 Å². The van der Waals surface area contributed by atoms with Gasteiger partial charge in [0.2, 0.25) is 5.88 Å². The van der Waals surface area contributed by atoms with Crippen molar-refractivity contribution in [2.75, 3.05) is 5.73 Å². The minimum atomic E-state index is 0.538. The van der Waals surface area contributed by atoms with Crippen LogP contribution in [0.5, 0.6) is 11.6 Å². The number of nitrogens with two attached hydrogens (primary N) is 1. The molecule has 4 rings (SSSR count). The molecule has 0 bridgehead atoms. The number of thiophene rings is 1. The summed E-state index contributed by atoms with van der Waals surface area (Å²) in [5.74, 6) is 1.22. The molecule has 102 valence electrons. The highest BCUT2D eigenvalue weighted by Crippen LogP contribution is 2.34. The molecule has 0 saturated heterocycles. The number of anilines is 1. The Morgan fingerprint density at radius 2 is 1.95 bits per heavy atom. The lowest BCUT2D eigenvalue weighted by Gasteiger charge is -2.09. The fourth-order valence-electron chi connectivity index (χ4n) is 2.21. The molecular weight excluding hydrogens is 284 g/mol. The van der Waals surface area contributed by atoms with Crippen LogP contribution in [0.1, 0.15) is 0 Å². The zero-order valence-electron chi connectivity index (χ0n) is 10.9. The Bertz CT molecular complexity index is 951. The van der Waals surface area contributed by atoms with E-state index in [0.717, 1.165) is 21.1 Å². The van der Waals surface area contributed by atoms with E-state index in [2.05, 4.69) is 15.0 Å². The molecule has 0 atom stereocenters. The average molecular weight is 294 g/mol. The number of ether oxygens (including phenoxy) is 1. The first-order chi connectivity index (χ1) is 10.3. The predicted molar refractivity (Wildman–Crippen MR) is 83.6 cm³/mol. The van der Waals surface area contributed by atoms with Gasteiger partial charge in [0.15, 0.2) is 0 Å². The number of nitrogens with zero attached hydrogens (tertiary/aromatic N) is 3. The van der Waals surface area contributed by atoms with Gasteiger partial charge in [0.05, 0.1) is 16.6 Å². The van der Waals surface area contributed by atoms with Crippen LogP contribution >= 0.6 is 11.3 Å². The van der Waals surface area contributed by atoms with Crippen molar-refractivity contribution in [1.82, 2.24) is 15.0 Å². The van der Waals surface area contributed by atoms with Crippen LogP contribution < -0.4 is 10.5 Å². The lowest BCUT2D eigenvalue weighted by atomic mass is 10.2. The average Bonchev–Trinajstić information content (AvgIpc) is 3.00. The highest BCUT2D eigenvalue weighted by atomic mass is 32.1. The molecule has 0 saturated carbocycles. The summed E-state index contributed by atoms with van der Waals surface area (Å²) in [4.78, 5) is 13.6. The quantitative estimate of drug-likeness (QED) is 0.572. The Hall–Kier alpha value is -2.73. The maximum Gasteiger partial charge on any atom is 0.231 e. The molecule has 3 aromatic heterocycles. The van der Waals surface area contributed by atoms with Crippen molar-refractivity contribution < 1.29 is 4.74 Å². The zero-order chi connectivity index (χ0) is 14.2. The van der Waals surface area contributed by atoms with Crippen LogP contribution in [0.15, 0.2) is 48.2 Å². The molecular formula is C15H10N4OS. The third kappa shape index (κ3) is 1.96. The Labute approximate surface area is 124 Å². The van der Waals surface area contributed by atoms with Crippen LogP contribution in [0, 0.1) is 0 Å². The maximum atomic E-state index is 5.98. The molecule has 0 radical (unpaired) electrons. The summed E-state index contributed by atoms with van der Waals surface area (Å²) in [6, 6.07) is 9.36. The van der Waals surface area contributed by atoms with Gasteiger partial charge in [-0.15, -0.1) is 11.3 Å². The van der Waals surface area contributed by atoms with Crippen LogP contribution in [-0.4, -0.2) is 15.0 Å². The van der Waals surface area contributed by atoms with Gasteiger partial charge in [0, 0.05) is 11.6 Å². The second-order valence-corrected chi connectivity index (χ2v) is 5.37. The fourth-order valence-corrected chi connectivity index (χ4v) is 2.93. The molecule has 0 amide bonds. The standard InChI is InChI=1S/C15H10N4OS/c16-11-3-4-12(9-2-1-6-17-13(9)11)20-14-10-5-7-21-15(10)19-8-18-14/h1-8H,16H2. The molecule has 4 aromatic rings. The number of fused-ring (bicyclic) bond motifs is 2. The number of pyridine rings is 1. The van der Waals surface area contributed by atoms with E-state index in [9.17, 15) is 0 Å². The summed E-state index contributed by atoms with van der Waals surface area (Å²) < 4.78 is 5.98. The van der Waals surface area contributed by atoms with Crippen LogP contribution in [-0.2, 0) is 0 Å². The number of hydrogen-bond acceptors (Lipinski definition) is 6. The highest BCUT2D eigenvalue weighted by molar-refractivity contribution is 7.16. The molecule has 0 unspecified atom stereocenters. The Morgan fingerprint density at radius 1 is 1.00 bits per heavy atom. The minimum absolute atomic E-state index is 0.538. The van der Waals surface area contributed by atoms with E-state index in [1.54, 1.807) is 23.6 Å². The van der Waals surface area contributed by atoms with Crippen molar-refractivity contribution in [3.05, 3.63) is 48.2 Å². The molecule has 6 heteroatoms. The Kier molecular flexibility index (Phi) is 2.68. The molecule has 0 spiro atoms. The van der Waals surface area contributed by atoms with Gasteiger partial charge >= 0.3 is 0 Å². The van der Waals surface area contributed by atoms with Gasteiger partial charge in [-0.2, -0.15) is 0 Å². The third-order valence-corrected chi connectivity index (χ3v) is 4.01. The van der Waals surface area contributed by atoms with Crippen molar-refractivity contribution in [3.8, 4) is 11.6 Å². The van der Waals surface area contributed by atoms with Crippen molar-refractivity contribution >= 4 is 38.1 Å². The van der Waals surface area contributed by atoms with E-state index in [1.807, 2.05) is 29.6 Å². The predicted octanol–water partition coefficient (Wildman–Crippen LogP) is 3.61. The molecule has 2 N–H and O–H groups in total. The molecule has 3 heterocycles. The molecule has 0 aliphatic heterocycles. The molecule has 0 fully saturated rings. The van der Waals surface area contributed by atoms with E-state index in [0.29, 0.717) is 17.3 Å². The number of hydrogen-bond donors (Lipinski definition) is 1. The molecule has 1 aromatic carbocycles. The number of benzene rings is 1. The number of nitrogen functional groups attached to an aromatic ring is 1. The van der Waals surface area contributed by atoms with E-state index < -0.39 is 0 Å². The topological polar surface area (TPSA) is 73.9 Å². The lowest BCUT2D eigenvalue weighted by Crippen LogP contribution is -1.94. The van der Waals surface area contributed by atoms with Crippen molar-refractivity contribution in [2.24, 2.45) is 0 Å². The Balaban J connectivity index is 1.88. The van der Waals surface area contributed by atoms with Crippen LogP contribution in [0.25, 0.3) is 21.1 Å². The van der Waals surface area contributed by atoms with Gasteiger partial charge in [-0.1, -0.05) is 0 Å². The first-order valence-electron chi connectivity index (χ1n) is 6.32. The molecule has 0 aliphatic carbocycles. The summed E-state index contributed by atoms with van der Waals surface area (Å²) >= 11 is 1.55. The van der Waals surface area contributed by atoms with Gasteiger partial charge < -0.3 is 10.5 Å². The van der Waals surface area contributed by atoms with Crippen molar-refractivity contribution in [3.63, 3.8) is 0 Å². The maximum absolute atomic E-state index is 5.98. The fraction of sp³-hybridized carbons (Fsp3) is 0. The number of rotatable bonds is 2. The van der Waals surface area contributed by atoms with E-state index >= 15 is 0 Å². The monoisotopic (exact) mass is 294 g/mol. The normalized spacial score (nSPS) is 11.0. The van der Waals surface area contributed by atoms with Crippen molar-refractivity contribution in [2.45, 2.75) is 0 Å². The lowest BCUT2D eigenvalue weighted by molar-refractivity contribution is 0.473. The largest absolute Gasteiger partial charge is 0.438 e. The first-order valence-corrected chi connectivity index (χ1v) is 7.20. The highest BCUT2D eigenvalue weighted by Gasteiger charge is 2.11. The summed E-state index contributed by atoms with van der Waals surface area (Å²) in [5, 5.41) is 3.73. The summed E-state index contributed by atoms with van der Waals surface area (Å²) in [7, 11) is 0. The first kappa shape index (κ1) is 12.0. The van der Waals surface area contributed by atoms with Crippen molar-refractivity contribution in [1.29, 1.82) is 0 Å². The van der Waals surface area contributed by atoms with Gasteiger partial charge in [-0.3, -0.25) is 4.98 Å². The molecule has 5 nitrogen and oxygen atoms in total. The van der Waals surface area contributed by atoms with Gasteiger partial charge in [0.1, 0.15) is 16.9 Å². The van der Waals surface area contributed by atoms with Gasteiger partial charge in [-0.25, -0.2) is 9.97 Å². The second kappa shape index (κ2) is 4.68. The zero-order valence-corrected chi connectivity index (χ0v) is 11.7. The summed E-state index contributed by atoms with van der Waals surface area (Å²) in [6.07, 6.45) is 3.22. The smallest absolute Gasteiger partial charge is 0.231 e. The third-order valence-electron chi connectivity index (χ3n) is 3.19. The summed E-state index contributed by atoms with van der Waals surface area (Å²) in [6.45, 7) is 0. The van der Waals surface area contributed by atoms with Gasteiger partial charge in [0.25, 0.3) is 0 Å². The Morgan fingerprint density at radius 3 is 2.90 bits per heavy atom. The second-order valence-electron chi connectivity index (χ2n) is 4.47. The van der Waals surface area contributed by atoms with E-state index in [4.69, 9.17) is 10.5 Å². The van der Waals surface area contributed by atoms with Crippen LogP contribution in [0.2, 0.25) is 0 Å². The number of aromatic nitrogens is 3. The molecule has 21 heavy (non-hydrogen) atoms. The van der Waals surface area contributed by atoms with Crippen LogP contribution in [0.3, 0.4) is 0 Å². The molecule has 0 aliphatic rings. The van der Waals surface area contributed by atoms with E-state index in [1.165, 1.54) is 6.33 Å². The minimum Gasteiger partial charge on any atom is -0.438 e. The SMILES string of the molecule is Nc1ccc(Oc2ncnc3sccc23)c2cccnc12.